The summed E-state index contributed by atoms with van der Waals surface area (Å²) in [4.78, 5) is 0. The van der Waals surface area contributed by atoms with Crippen molar-refractivity contribution in [1.29, 1.82) is 0 Å². The van der Waals surface area contributed by atoms with Gasteiger partial charge in [-0.05, 0) is 62.3 Å². The normalized spacial score (nSPS) is 17.2. The molecule has 0 bridgehead atoms. The first kappa shape index (κ1) is 11.5. The Bertz CT molecular complexity index is 358. The molecule has 16 heavy (non-hydrogen) atoms. The van der Waals surface area contributed by atoms with E-state index < -0.39 is 0 Å². The third-order valence-electron chi connectivity index (χ3n) is 3.43. The van der Waals surface area contributed by atoms with E-state index in [1.165, 1.54) is 24.0 Å². The summed E-state index contributed by atoms with van der Waals surface area (Å²) < 4.78 is 5.71. The zero-order chi connectivity index (χ0) is 11.5. The van der Waals surface area contributed by atoms with Crippen LogP contribution in [-0.4, -0.2) is 12.6 Å². The molecule has 1 unspecified atom stereocenters. The minimum Gasteiger partial charge on any atom is -0.494 e. The highest BCUT2D eigenvalue weighted by Crippen LogP contribution is 2.32. The molecule has 1 aromatic carbocycles. The summed E-state index contributed by atoms with van der Waals surface area (Å²) in [5.41, 5.74) is 8.61. The predicted octanol–water partition coefficient (Wildman–Crippen LogP) is 2.81. The summed E-state index contributed by atoms with van der Waals surface area (Å²) in [6.45, 7) is 4.96. The number of nitrogens with two attached hydrogens (primary N) is 1. The van der Waals surface area contributed by atoms with Crippen molar-refractivity contribution in [3.63, 3.8) is 0 Å². The Kier molecular flexibility index (Phi) is 3.49. The van der Waals surface area contributed by atoms with E-state index in [0.717, 1.165) is 24.7 Å². The van der Waals surface area contributed by atoms with Crippen LogP contribution in [0.15, 0.2) is 18.2 Å². The SMILES string of the molecule is Cc1ccc(OCCC(N)C2CC2)cc1C. The summed E-state index contributed by atoms with van der Waals surface area (Å²) in [7, 11) is 0. The standard InChI is InChI=1S/C14H21NO/c1-10-3-6-13(9-11(10)2)16-8-7-14(15)12-4-5-12/h3,6,9,12,14H,4-5,7-8,15H2,1-2H3. The number of ether oxygens (including phenoxy) is 1. The van der Waals surface area contributed by atoms with Gasteiger partial charge in [0.1, 0.15) is 5.75 Å². The van der Waals surface area contributed by atoms with Crippen LogP contribution in [0.5, 0.6) is 5.75 Å². The zero-order valence-electron chi connectivity index (χ0n) is 10.2. The monoisotopic (exact) mass is 219 g/mol. The van der Waals surface area contributed by atoms with E-state index in [4.69, 9.17) is 10.5 Å². The van der Waals surface area contributed by atoms with E-state index in [1.54, 1.807) is 0 Å². The van der Waals surface area contributed by atoms with Crippen LogP contribution >= 0.6 is 0 Å². The lowest BCUT2D eigenvalue weighted by molar-refractivity contribution is 0.291. The molecule has 1 fully saturated rings. The summed E-state index contributed by atoms with van der Waals surface area (Å²) >= 11 is 0. The second kappa shape index (κ2) is 4.88. The molecule has 2 nitrogen and oxygen atoms in total. The lowest BCUT2D eigenvalue weighted by atomic mass is 10.1. The van der Waals surface area contributed by atoms with Gasteiger partial charge in [-0.15, -0.1) is 0 Å². The van der Waals surface area contributed by atoms with Gasteiger partial charge in [-0.3, -0.25) is 0 Å². The van der Waals surface area contributed by atoms with Crippen LogP contribution in [0.25, 0.3) is 0 Å². The summed E-state index contributed by atoms with van der Waals surface area (Å²) in [5.74, 6) is 1.73. The highest BCUT2D eigenvalue weighted by molar-refractivity contribution is 5.33. The number of aryl methyl sites for hydroxylation is 2. The Hall–Kier alpha value is -1.02. The highest BCUT2D eigenvalue weighted by atomic mass is 16.5. The molecule has 1 aliphatic carbocycles. The van der Waals surface area contributed by atoms with Crippen molar-refractivity contribution in [2.45, 2.75) is 39.2 Å². The van der Waals surface area contributed by atoms with Gasteiger partial charge in [0.25, 0.3) is 0 Å². The van der Waals surface area contributed by atoms with Gasteiger partial charge in [0, 0.05) is 6.04 Å². The van der Waals surface area contributed by atoms with E-state index in [-0.39, 0.29) is 0 Å². The van der Waals surface area contributed by atoms with Gasteiger partial charge < -0.3 is 10.5 Å². The molecule has 2 N–H and O–H groups in total. The van der Waals surface area contributed by atoms with Crippen LogP contribution in [0.4, 0.5) is 0 Å². The van der Waals surface area contributed by atoms with Crippen LogP contribution < -0.4 is 10.5 Å². The van der Waals surface area contributed by atoms with Gasteiger partial charge >= 0.3 is 0 Å². The van der Waals surface area contributed by atoms with Crippen molar-refractivity contribution in [1.82, 2.24) is 0 Å². The molecule has 1 aliphatic rings. The second-order valence-corrected chi connectivity index (χ2v) is 4.88. The fraction of sp³-hybridized carbons (Fsp3) is 0.571. The van der Waals surface area contributed by atoms with Gasteiger partial charge in [-0.25, -0.2) is 0 Å². The molecule has 0 aromatic heterocycles. The lowest BCUT2D eigenvalue weighted by Gasteiger charge is -2.12. The van der Waals surface area contributed by atoms with E-state index in [2.05, 4.69) is 26.0 Å². The molecule has 0 aliphatic heterocycles. The molecule has 1 atom stereocenters. The minimum absolute atomic E-state index is 0.339. The first-order chi connectivity index (χ1) is 7.66. The first-order valence-electron chi connectivity index (χ1n) is 6.12. The van der Waals surface area contributed by atoms with E-state index in [1.807, 2.05) is 6.07 Å². The van der Waals surface area contributed by atoms with Crippen molar-refractivity contribution in [2.24, 2.45) is 11.7 Å². The average Bonchev–Trinajstić information content (AvgIpc) is 3.07. The molecule has 0 heterocycles. The van der Waals surface area contributed by atoms with Gasteiger partial charge in [0.05, 0.1) is 6.61 Å². The third kappa shape index (κ3) is 2.99. The Morgan fingerprint density at radius 1 is 1.31 bits per heavy atom. The van der Waals surface area contributed by atoms with Crippen molar-refractivity contribution in [2.75, 3.05) is 6.61 Å². The van der Waals surface area contributed by atoms with Crippen molar-refractivity contribution >= 4 is 0 Å². The van der Waals surface area contributed by atoms with Crippen LogP contribution in [0.3, 0.4) is 0 Å². The molecule has 0 spiro atoms. The number of benzene rings is 1. The number of rotatable bonds is 5. The minimum atomic E-state index is 0.339. The molecular formula is C14H21NO. The Labute approximate surface area is 97.8 Å². The maximum Gasteiger partial charge on any atom is 0.119 e. The van der Waals surface area contributed by atoms with Crippen LogP contribution in [0, 0.1) is 19.8 Å². The van der Waals surface area contributed by atoms with Gasteiger partial charge in [0.15, 0.2) is 0 Å². The Morgan fingerprint density at radius 2 is 2.06 bits per heavy atom. The van der Waals surface area contributed by atoms with E-state index in [0.29, 0.717) is 6.04 Å². The Morgan fingerprint density at radius 3 is 2.69 bits per heavy atom. The summed E-state index contributed by atoms with van der Waals surface area (Å²) in [6, 6.07) is 6.57. The Balaban J connectivity index is 1.78. The fourth-order valence-electron chi connectivity index (χ4n) is 1.88. The first-order valence-corrected chi connectivity index (χ1v) is 6.12. The van der Waals surface area contributed by atoms with Crippen LogP contribution in [0.1, 0.15) is 30.4 Å². The van der Waals surface area contributed by atoms with Gasteiger partial charge in [-0.2, -0.15) is 0 Å². The maximum absolute atomic E-state index is 6.02. The molecule has 1 saturated carbocycles. The molecule has 2 heteroatoms. The molecule has 0 saturated heterocycles. The van der Waals surface area contributed by atoms with Gasteiger partial charge in [0.2, 0.25) is 0 Å². The molecule has 0 amide bonds. The number of hydrogen-bond donors (Lipinski definition) is 1. The number of hydrogen-bond acceptors (Lipinski definition) is 2. The highest BCUT2D eigenvalue weighted by Gasteiger charge is 2.27. The van der Waals surface area contributed by atoms with E-state index in [9.17, 15) is 0 Å². The quantitative estimate of drug-likeness (QED) is 0.826. The maximum atomic E-state index is 6.02. The van der Waals surface area contributed by atoms with Crippen molar-refractivity contribution < 1.29 is 4.74 Å². The van der Waals surface area contributed by atoms with Crippen molar-refractivity contribution in [3.05, 3.63) is 29.3 Å². The molecule has 1 aromatic rings. The lowest BCUT2D eigenvalue weighted by Crippen LogP contribution is -2.24. The van der Waals surface area contributed by atoms with Crippen molar-refractivity contribution in [3.8, 4) is 5.75 Å². The second-order valence-electron chi connectivity index (χ2n) is 4.88. The predicted molar refractivity (Wildman–Crippen MR) is 66.7 cm³/mol. The molecular weight excluding hydrogens is 198 g/mol. The third-order valence-corrected chi connectivity index (χ3v) is 3.43. The molecule has 88 valence electrons. The summed E-state index contributed by atoms with van der Waals surface area (Å²) in [5, 5.41) is 0. The molecule has 2 rings (SSSR count). The average molecular weight is 219 g/mol. The van der Waals surface area contributed by atoms with E-state index >= 15 is 0 Å². The van der Waals surface area contributed by atoms with Crippen LogP contribution in [0.2, 0.25) is 0 Å². The van der Waals surface area contributed by atoms with Gasteiger partial charge in [-0.1, -0.05) is 6.07 Å². The summed E-state index contributed by atoms with van der Waals surface area (Å²) in [6.07, 6.45) is 3.59. The smallest absolute Gasteiger partial charge is 0.119 e. The largest absolute Gasteiger partial charge is 0.494 e. The topological polar surface area (TPSA) is 35.2 Å². The van der Waals surface area contributed by atoms with Crippen LogP contribution in [-0.2, 0) is 0 Å². The molecule has 0 radical (unpaired) electrons. The zero-order valence-corrected chi connectivity index (χ0v) is 10.2. The fourth-order valence-corrected chi connectivity index (χ4v) is 1.88.